The summed E-state index contributed by atoms with van der Waals surface area (Å²) in [6.07, 6.45) is -2.57. The fraction of sp³-hybridized carbons (Fsp3) is 0.292. The van der Waals surface area contributed by atoms with Crippen molar-refractivity contribution in [2.24, 2.45) is 0 Å². The second-order valence-corrected chi connectivity index (χ2v) is 8.22. The maximum atomic E-state index is 13.1. The molecule has 182 valence electrons. The quantitative estimate of drug-likeness (QED) is 0.412. The number of carbonyl (C=O) groups excluding carboxylic acids is 4. The maximum Gasteiger partial charge on any atom is 0.259 e. The molecule has 2 heterocycles. The Balaban J connectivity index is 1.46. The normalized spacial score (nSPS) is 17.9. The molecule has 0 aliphatic carbocycles. The van der Waals surface area contributed by atoms with E-state index in [0.29, 0.717) is 35.6 Å². The van der Waals surface area contributed by atoms with Gasteiger partial charge in [0.2, 0.25) is 0 Å². The van der Waals surface area contributed by atoms with E-state index in [4.69, 9.17) is 10.1 Å². The molecule has 0 bridgehead atoms. The molecule has 2 aromatic rings. The largest absolute Gasteiger partial charge is 0.380 e. The highest BCUT2D eigenvalue weighted by Crippen LogP contribution is 2.24. The van der Waals surface area contributed by atoms with Crippen molar-refractivity contribution >= 4 is 41.2 Å². The Kier molecular flexibility index (Phi) is 6.90. The molecular formula is C24H25N5O6. The Bertz CT molecular complexity index is 1200. The van der Waals surface area contributed by atoms with Gasteiger partial charge in [-0.25, -0.2) is 0 Å². The minimum atomic E-state index is -1.77. The number of aliphatic hydroxyl groups excluding tert-OH is 1. The first-order chi connectivity index (χ1) is 16.8. The molecular weight excluding hydrogens is 454 g/mol. The molecule has 2 aromatic carbocycles. The molecule has 4 rings (SSSR count). The van der Waals surface area contributed by atoms with E-state index < -0.39 is 24.0 Å². The molecule has 1 fully saturated rings. The van der Waals surface area contributed by atoms with Crippen LogP contribution >= 0.6 is 0 Å². The summed E-state index contributed by atoms with van der Waals surface area (Å²) in [5, 5.41) is 23.9. The Labute approximate surface area is 201 Å². The summed E-state index contributed by atoms with van der Waals surface area (Å²) >= 11 is 0. The van der Waals surface area contributed by atoms with Crippen LogP contribution in [0.3, 0.4) is 0 Å². The fourth-order valence-electron chi connectivity index (χ4n) is 4.00. The Morgan fingerprint density at radius 1 is 1.34 bits per heavy atom. The van der Waals surface area contributed by atoms with Crippen LogP contribution in [0, 0.1) is 5.41 Å². The lowest BCUT2D eigenvalue weighted by atomic mass is 10.1. The van der Waals surface area contributed by atoms with Crippen molar-refractivity contribution in [3.05, 3.63) is 59.2 Å². The predicted octanol–water partition coefficient (Wildman–Crippen LogP) is 0.117. The molecule has 0 spiro atoms. The van der Waals surface area contributed by atoms with Crippen molar-refractivity contribution in [1.29, 1.82) is 5.41 Å². The highest BCUT2D eigenvalue weighted by molar-refractivity contribution is 6.05. The van der Waals surface area contributed by atoms with Crippen LogP contribution in [-0.4, -0.2) is 78.8 Å². The van der Waals surface area contributed by atoms with Crippen LogP contribution in [0.15, 0.2) is 42.5 Å². The van der Waals surface area contributed by atoms with E-state index in [2.05, 4.69) is 10.6 Å². The zero-order valence-corrected chi connectivity index (χ0v) is 19.0. The van der Waals surface area contributed by atoms with E-state index in [0.717, 1.165) is 11.1 Å². The highest BCUT2D eigenvalue weighted by Gasteiger charge is 2.39. The van der Waals surface area contributed by atoms with Gasteiger partial charge < -0.3 is 35.1 Å². The van der Waals surface area contributed by atoms with E-state index in [1.54, 1.807) is 36.4 Å². The van der Waals surface area contributed by atoms with Gasteiger partial charge in [-0.2, -0.15) is 0 Å². The molecule has 2 aliphatic heterocycles. The predicted molar refractivity (Wildman–Crippen MR) is 126 cm³/mol. The number of anilines is 2. The number of rotatable bonds is 7. The second kappa shape index (κ2) is 10.0. The zero-order valence-electron chi connectivity index (χ0n) is 19.0. The van der Waals surface area contributed by atoms with E-state index >= 15 is 0 Å². The molecule has 2 aliphatic rings. The number of carbonyl (C=O) groups is 4. The monoisotopic (exact) mass is 479 g/mol. The number of aliphatic hydroxyl groups is 1. The highest BCUT2D eigenvalue weighted by atomic mass is 16.5. The van der Waals surface area contributed by atoms with Crippen molar-refractivity contribution in [2.45, 2.75) is 18.8 Å². The number of nitrogens with zero attached hydrogens (tertiary/aromatic N) is 2. The van der Waals surface area contributed by atoms with Crippen LogP contribution in [0.25, 0.3) is 0 Å². The Hall–Kier alpha value is -4.09. The molecule has 0 radical (unpaired) electrons. The first-order valence-electron chi connectivity index (χ1n) is 11.0. The summed E-state index contributed by atoms with van der Waals surface area (Å²) < 4.78 is 5.44. The summed E-state index contributed by atoms with van der Waals surface area (Å²) in [6, 6.07) is 11.4. The number of morpholine rings is 1. The van der Waals surface area contributed by atoms with Gasteiger partial charge in [0.25, 0.3) is 17.7 Å². The minimum absolute atomic E-state index is 0.0633. The summed E-state index contributed by atoms with van der Waals surface area (Å²) in [5.74, 6) is -1.49. The van der Waals surface area contributed by atoms with Crippen molar-refractivity contribution in [1.82, 2.24) is 10.2 Å². The van der Waals surface area contributed by atoms with Gasteiger partial charge in [-0.05, 0) is 42.0 Å². The van der Waals surface area contributed by atoms with Crippen molar-refractivity contribution in [3.63, 3.8) is 0 Å². The number of aldehydes is 1. The maximum absolute atomic E-state index is 13.1. The molecule has 11 heteroatoms. The van der Waals surface area contributed by atoms with Gasteiger partial charge in [-0.3, -0.25) is 19.8 Å². The van der Waals surface area contributed by atoms with Gasteiger partial charge in [0.1, 0.15) is 12.1 Å². The average molecular weight is 479 g/mol. The standard InChI is InChI=1S/C24H25N5O6/c1-28(7-9-30)23(33)14-3-2-4-17(12-14)29-8-10-35-20(24(29)34)19(31)22(32)27-16-5-6-18-15(11-16)13-26-21(18)25/h2-6,9,11-12,19-20,31H,7-8,10,13H2,1H3,(H2,25,26)(H,27,32)/t19-,20-/m1/s1. The number of hydrogen-bond acceptors (Lipinski definition) is 7. The first kappa shape index (κ1) is 24.0. The molecule has 0 aromatic heterocycles. The van der Waals surface area contributed by atoms with Crippen molar-refractivity contribution in [2.75, 3.05) is 37.0 Å². The molecule has 2 atom stereocenters. The van der Waals surface area contributed by atoms with Gasteiger partial charge in [0.05, 0.1) is 13.2 Å². The zero-order chi connectivity index (χ0) is 25.1. The second-order valence-electron chi connectivity index (χ2n) is 8.22. The molecule has 0 unspecified atom stereocenters. The van der Waals surface area contributed by atoms with Gasteiger partial charge in [-0.15, -0.1) is 0 Å². The lowest BCUT2D eigenvalue weighted by molar-refractivity contribution is -0.150. The van der Waals surface area contributed by atoms with Crippen LogP contribution in [0.4, 0.5) is 11.4 Å². The van der Waals surface area contributed by atoms with E-state index in [-0.39, 0.29) is 25.6 Å². The third-order valence-corrected chi connectivity index (χ3v) is 5.87. The van der Waals surface area contributed by atoms with Crippen molar-refractivity contribution < 1.29 is 29.0 Å². The van der Waals surface area contributed by atoms with Crippen LogP contribution in [-0.2, 0) is 25.7 Å². The van der Waals surface area contributed by atoms with Crippen LogP contribution < -0.4 is 15.5 Å². The SMILES string of the molecule is CN(CC=O)C(=O)c1cccc(N2CCO[C@H]([C@@H](O)C(=O)Nc3ccc4c(c3)CNC4=N)C2=O)c1. The summed E-state index contributed by atoms with van der Waals surface area (Å²) in [7, 11) is 1.50. The topological polar surface area (TPSA) is 152 Å². The minimum Gasteiger partial charge on any atom is -0.380 e. The summed E-state index contributed by atoms with van der Waals surface area (Å²) in [5.41, 5.74) is 2.71. The fourth-order valence-corrected chi connectivity index (χ4v) is 4.00. The van der Waals surface area contributed by atoms with Gasteiger partial charge in [-0.1, -0.05) is 6.07 Å². The number of ether oxygens (including phenoxy) is 1. The Morgan fingerprint density at radius 3 is 2.91 bits per heavy atom. The summed E-state index contributed by atoms with van der Waals surface area (Å²) in [4.78, 5) is 51.6. The average Bonchev–Trinajstić information content (AvgIpc) is 3.23. The van der Waals surface area contributed by atoms with Crippen LogP contribution in [0.1, 0.15) is 21.5 Å². The van der Waals surface area contributed by atoms with E-state index in [1.807, 2.05) is 0 Å². The first-order valence-corrected chi connectivity index (χ1v) is 11.0. The number of amidine groups is 1. The molecule has 3 amide bonds. The van der Waals surface area contributed by atoms with E-state index in [1.165, 1.54) is 22.9 Å². The third kappa shape index (κ3) is 4.91. The van der Waals surface area contributed by atoms with Gasteiger partial charge in [0.15, 0.2) is 12.2 Å². The smallest absolute Gasteiger partial charge is 0.259 e. The Morgan fingerprint density at radius 2 is 2.14 bits per heavy atom. The van der Waals surface area contributed by atoms with E-state index in [9.17, 15) is 24.3 Å². The van der Waals surface area contributed by atoms with Crippen LogP contribution in [0.2, 0.25) is 0 Å². The number of amides is 3. The molecule has 0 saturated carbocycles. The molecule has 35 heavy (non-hydrogen) atoms. The number of nitrogens with one attached hydrogen (secondary N) is 3. The summed E-state index contributed by atoms with van der Waals surface area (Å²) in [6.45, 7) is 0.657. The van der Waals surface area contributed by atoms with Crippen LogP contribution in [0.5, 0.6) is 0 Å². The van der Waals surface area contributed by atoms with Gasteiger partial charge in [0, 0.05) is 42.6 Å². The lowest BCUT2D eigenvalue weighted by Gasteiger charge is -2.34. The lowest BCUT2D eigenvalue weighted by Crippen LogP contribution is -2.55. The number of benzene rings is 2. The number of fused-ring (bicyclic) bond motifs is 1. The number of likely N-dealkylation sites (N-methyl/N-ethyl adjacent to an activating group) is 1. The molecule has 11 nitrogen and oxygen atoms in total. The molecule has 4 N–H and O–H groups in total. The molecule has 1 saturated heterocycles. The van der Waals surface area contributed by atoms with Crippen molar-refractivity contribution in [3.8, 4) is 0 Å². The number of hydrogen-bond donors (Lipinski definition) is 4. The third-order valence-electron chi connectivity index (χ3n) is 5.87. The van der Waals surface area contributed by atoms with Gasteiger partial charge >= 0.3 is 0 Å².